The Morgan fingerprint density at radius 3 is 2.76 bits per heavy atom. The zero-order valence-corrected chi connectivity index (χ0v) is 10.0. The van der Waals surface area contributed by atoms with E-state index in [2.05, 4.69) is 0 Å². The molecule has 1 aromatic carbocycles. The summed E-state index contributed by atoms with van der Waals surface area (Å²) < 4.78 is 18.4. The highest BCUT2D eigenvalue weighted by atomic mass is 35.5. The third-order valence-corrected chi connectivity index (χ3v) is 2.97. The Balaban J connectivity index is 1.90. The number of rotatable bonds is 2. The van der Waals surface area contributed by atoms with Gasteiger partial charge in [-0.25, -0.2) is 9.18 Å². The van der Waals surface area contributed by atoms with Crippen LogP contribution in [0, 0.1) is 5.82 Å². The highest BCUT2D eigenvalue weighted by Crippen LogP contribution is 2.16. The molecule has 0 radical (unpaired) electrons. The zero-order chi connectivity index (χ0) is 12.3. The van der Waals surface area contributed by atoms with Crippen molar-refractivity contribution in [2.75, 3.05) is 13.1 Å². The van der Waals surface area contributed by atoms with Crippen LogP contribution in [0.4, 0.5) is 9.18 Å². The molecule has 1 aliphatic heterocycles. The van der Waals surface area contributed by atoms with E-state index < -0.39 is 5.82 Å². The van der Waals surface area contributed by atoms with Crippen molar-refractivity contribution < 1.29 is 13.9 Å². The van der Waals surface area contributed by atoms with Gasteiger partial charge in [-0.05, 0) is 25.0 Å². The largest absolute Gasteiger partial charge is 0.444 e. The SMILES string of the molecule is O=C(OCc1ccc(Cl)cc1F)N1CCCC1. The lowest BCUT2D eigenvalue weighted by molar-refractivity contribution is 0.103. The van der Waals surface area contributed by atoms with Gasteiger partial charge in [0.25, 0.3) is 0 Å². The van der Waals surface area contributed by atoms with Crippen LogP contribution in [0.15, 0.2) is 18.2 Å². The monoisotopic (exact) mass is 257 g/mol. The second kappa shape index (κ2) is 5.36. The minimum absolute atomic E-state index is 0.0572. The van der Waals surface area contributed by atoms with Crippen LogP contribution in [0.5, 0.6) is 0 Å². The maximum Gasteiger partial charge on any atom is 0.410 e. The molecule has 1 amide bonds. The van der Waals surface area contributed by atoms with Crippen molar-refractivity contribution in [1.29, 1.82) is 0 Å². The standard InChI is InChI=1S/C12H13ClFNO2/c13-10-4-3-9(11(14)7-10)8-17-12(16)15-5-1-2-6-15/h3-4,7H,1-2,5-6,8H2. The molecule has 5 heteroatoms. The summed E-state index contributed by atoms with van der Waals surface area (Å²) in [5.74, 6) is -0.452. The van der Waals surface area contributed by atoms with Gasteiger partial charge < -0.3 is 9.64 Å². The van der Waals surface area contributed by atoms with Crippen molar-refractivity contribution >= 4 is 17.7 Å². The number of ether oxygens (including phenoxy) is 1. The number of benzene rings is 1. The van der Waals surface area contributed by atoms with Crippen molar-refractivity contribution in [1.82, 2.24) is 4.90 Å². The topological polar surface area (TPSA) is 29.5 Å². The molecule has 2 rings (SSSR count). The second-order valence-corrected chi connectivity index (χ2v) is 4.42. The van der Waals surface area contributed by atoms with E-state index in [4.69, 9.17) is 16.3 Å². The lowest BCUT2D eigenvalue weighted by Gasteiger charge is -2.15. The fourth-order valence-electron chi connectivity index (χ4n) is 1.77. The number of nitrogens with zero attached hydrogens (tertiary/aromatic N) is 1. The lowest BCUT2D eigenvalue weighted by Crippen LogP contribution is -2.28. The van der Waals surface area contributed by atoms with Crippen LogP contribution in [0.3, 0.4) is 0 Å². The van der Waals surface area contributed by atoms with Gasteiger partial charge in [-0.1, -0.05) is 17.7 Å². The van der Waals surface area contributed by atoms with Crippen LogP contribution in [-0.2, 0) is 11.3 Å². The van der Waals surface area contributed by atoms with Gasteiger partial charge in [0.2, 0.25) is 0 Å². The Morgan fingerprint density at radius 2 is 2.12 bits per heavy atom. The van der Waals surface area contributed by atoms with Crippen molar-refractivity contribution in [3.63, 3.8) is 0 Å². The molecule has 0 atom stereocenters. The molecule has 0 unspecified atom stereocenters. The van der Waals surface area contributed by atoms with E-state index in [9.17, 15) is 9.18 Å². The third kappa shape index (κ3) is 3.09. The van der Waals surface area contributed by atoms with Crippen molar-refractivity contribution in [3.05, 3.63) is 34.6 Å². The van der Waals surface area contributed by atoms with Crippen LogP contribution >= 0.6 is 11.6 Å². The number of halogens is 2. The summed E-state index contributed by atoms with van der Waals surface area (Å²) in [6, 6.07) is 4.30. The quantitative estimate of drug-likeness (QED) is 0.814. The maximum atomic E-state index is 13.4. The first kappa shape index (κ1) is 12.2. The highest BCUT2D eigenvalue weighted by molar-refractivity contribution is 6.30. The minimum Gasteiger partial charge on any atom is -0.444 e. The Labute approximate surface area is 104 Å². The van der Waals surface area contributed by atoms with E-state index in [1.165, 1.54) is 12.1 Å². The van der Waals surface area contributed by atoms with E-state index in [1.54, 1.807) is 11.0 Å². The average molecular weight is 258 g/mol. The summed E-state index contributed by atoms with van der Waals surface area (Å²) in [6.45, 7) is 1.39. The molecule has 0 saturated carbocycles. The zero-order valence-electron chi connectivity index (χ0n) is 9.29. The molecular formula is C12H13ClFNO2. The van der Waals surface area contributed by atoms with E-state index >= 15 is 0 Å². The molecule has 0 spiro atoms. The van der Waals surface area contributed by atoms with Gasteiger partial charge in [0.1, 0.15) is 12.4 Å². The molecule has 0 aromatic heterocycles. The molecule has 0 aliphatic carbocycles. The average Bonchev–Trinajstić information content (AvgIpc) is 2.81. The van der Waals surface area contributed by atoms with Gasteiger partial charge in [-0.2, -0.15) is 0 Å². The van der Waals surface area contributed by atoms with Gasteiger partial charge >= 0.3 is 6.09 Å². The Kier molecular flexibility index (Phi) is 3.84. The minimum atomic E-state index is -0.452. The van der Waals surface area contributed by atoms with Crippen LogP contribution < -0.4 is 0 Å². The number of hydrogen-bond acceptors (Lipinski definition) is 2. The molecule has 1 aromatic rings. The first-order chi connectivity index (χ1) is 8.16. The first-order valence-corrected chi connectivity index (χ1v) is 5.90. The van der Waals surface area contributed by atoms with Gasteiger partial charge in [-0.3, -0.25) is 0 Å². The van der Waals surface area contributed by atoms with Crippen LogP contribution in [-0.4, -0.2) is 24.1 Å². The predicted molar refractivity (Wildman–Crippen MR) is 62.4 cm³/mol. The van der Waals surface area contributed by atoms with Gasteiger partial charge in [-0.15, -0.1) is 0 Å². The summed E-state index contributed by atoms with van der Waals surface area (Å²) in [5, 5.41) is 0.331. The molecule has 3 nitrogen and oxygen atoms in total. The number of likely N-dealkylation sites (tertiary alicyclic amines) is 1. The summed E-state index contributed by atoms with van der Waals surface area (Å²) in [6.07, 6.45) is 1.63. The number of hydrogen-bond donors (Lipinski definition) is 0. The first-order valence-electron chi connectivity index (χ1n) is 5.52. The van der Waals surface area contributed by atoms with Gasteiger partial charge in [0.15, 0.2) is 0 Å². The van der Waals surface area contributed by atoms with Gasteiger partial charge in [0.05, 0.1) is 0 Å². The summed E-state index contributed by atoms with van der Waals surface area (Å²) in [5.41, 5.74) is 0.335. The molecule has 1 fully saturated rings. The molecule has 0 N–H and O–H groups in total. The van der Waals surface area contributed by atoms with E-state index in [-0.39, 0.29) is 12.7 Å². The number of carbonyl (C=O) groups excluding carboxylic acids is 1. The van der Waals surface area contributed by atoms with Gasteiger partial charge in [0, 0.05) is 23.7 Å². The van der Waals surface area contributed by atoms with Crippen molar-refractivity contribution in [2.45, 2.75) is 19.4 Å². The summed E-state index contributed by atoms with van der Waals surface area (Å²) >= 11 is 5.63. The van der Waals surface area contributed by atoms with Crippen LogP contribution in [0.2, 0.25) is 5.02 Å². The molecule has 0 bridgehead atoms. The van der Waals surface area contributed by atoms with Crippen LogP contribution in [0.1, 0.15) is 18.4 Å². The molecule has 17 heavy (non-hydrogen) atoms. The molecule has 1 saturated heterocycles. The predicted octanol–water partition coefficient (Wildman–Crippen LogP) is 3.21. The second-order valence-electron chi connectivity index (χ2n) is 3.98. The number of carbonyl (C=O) groups is 1. The third-order valence-electron chi connectivity index (χ3n) is 2.73. The highest BCUT2D eigenvalue weighted by Gasteiger charge is 2.19. The smallest absolute Gasteiger partial charge is 0.410 e. The fraction of sp³-hybridized carbons (Fsp3) is 0.417. The summed E-state index contributed by atoms with van der Waals surface area (Å²) in [7, 11) is 0. The Morgan fingerprint density at radius 1 is 1.41 bits per heavy atom. The Hall–Kier alpha value is -1.29. The number of amides is 1. The van der Waals surface area contributed by atoms with Crippen molar-refractivity contribution in [2.24, 2.45) is 0 Å². The van der Waals surface area contributed by atoms with E-state index in [0.29, 0.717) is 10.6 Å². The Bertz CT molecular complexity index is 419. The lowest BCUT2D eigenvalue weighted by atomic mass is 10.2. The van der Waals surface area contributed by atoms with Crippen molar-refractivity contribution in [3.8, 4) is 0 Å². The summed E-state index contributed by atoms with van der Waals surface area (Å²) in [4.78, 5) is 13.2. The molecule has 92 valence electrons. The van der Waals surface area contributed by atoms with E-state index in [1.807, 2.05) is 0 Å². The normalized spacial score (nSPS) is 15.1. The van der Waals surface area contributed by atoms with E-state index in [0.717, 1.165) is 25.9 Å². The molecular weight excluding hydrogens is 245 g/mol. The fourth-order valence-corrected chi connectivity index (χ4v) is 1.93. The molecule has 1 heterocycles. The maximum absolute atomic E-state index is 13.4. The van der Waals surface area contributed by atoms with Crippen LogP contribution in [0.25, 0.3) is 0 Å². The molecule has 1 aliphatic rings.